The quantitative estimate of drug-likeness (QED) is 0.0707. The zero-order valence-corrected chi connectivity index (χ0v) is 27.2. The van der Waals surface area contributed by atoms with E-state index in [4.69, 9.17) is 14.5 Å². The third-order valence-electron chi connectivity index (χ3n) is 7.36. The van der Waals surface area contributed by atoms with Crippen LogP contribution in [0.3, 0.4) is 0 Å². The monoisotopic (exact) mass is 669 g/mol. The van der Waals surface area contributed by atoms with E-state index in [1.54, 1.807) is 0 Å². The molecule has 0 aliphatic carbocycles. The number of nitrogens with one attached hydrogen (secondary N) is 1. The summed E-state index contributed by atoms with van der Waals surface area (Å²) in [5.74, 6) is -0.376. The first-order chi connectivity index (χ1) is 20.8. The lowest BCUT2D eigenvalue weighted by atomic mass is 10.0. The van der Waals surface area contributed by atoms with Gasteiger partial charge in [0.25, 0.3) is 0 Å². The number of phosphoric acid groups is 2. The van der Waals surface area contributed by atoms with E-state index in [-0.39, 0.29) is 18.1 Å². The topological polar surface area (TPSA) is 227 Å². The van der Waals surface area contributed by atoms with Crippen molar-refractivity contribution in [2.45, 2.75) is 134 Å². The summed E-state index contributed by atoms with van der Waals surface area (Å²) in [7, 11) is -10.1. The number of amides is 1. The number of carbonyl (C=O) groups is 1. The molecule has 4 atom stereocenters. The number of carbonyl (C=O) groups excluding carboxylic acids is 1. The number of anilines is 1. The molecule has 6 N–H and O–H groups in total. The van der Waals surface area contributed by atoms with Crippen molar-refractivity contribution in [2.75, 3.05) is 11.9 Å². The molecule has 0 spiro atoms. The second-order valence-corrected chi connectivity index (χ2v) is 13.6. The molecular formula is C27H49N3O12P2. The Balaban J connectivity index is 1.72. The zero-order valence-electron chi connectivity index (χ0n) is 25.4. The minimum absolute atomic E-state index is 0.0513. The predicted molar refractivity (Wildman–Crippen MR) is 162 cm³/mol. The maximum atomic E-state index is 12.7. The molecule has 1 aliphatic heterocycles. The third-order valence-corrected chi connectivity index (χ3v) is 8.36. The molecule has 17 heteroatoms. The molecule has 0 radical (unpaired) electrons. The first-order valence-electron chi connectivity index (χ1n) is 15.5. The molecule has 0 aromatic carbocycles. The third kappa shape index (κ3) is 15.7. The van der Waals surface area contributed by atoms with Crippen LogP contribution in [-0.2, 0) is 27.7 Å². The first-order valence-corrected chi connectivity index (χ1v) is 18.5. The summed E-state index contributed by atoms with van der Waals surface area (Å²) in [6.45, 7) is 1.37. The van der Waals surface area contributed by atoms with Crippen molar-refractivity contribution in [3.05, 3.63) is 22.7 Å². The van der Waals surface area contributed by atoms with E-state index in [9.17, 15) is 33.6 Å². The van der Waals surface area contributed by atoms with Gasteiger partial charge in [-0.15, -0.1) is 0 Å². The smallest absolute Gasteiger partial charge is 0.387 e. The molecule has 44 heavy (non-hydrogen) atoms. The van der Waals surface area contributed by atoms with Crippen LogP contribution in [0.1, 0.15) is 116 Å². The molecule has 1 saturated heterocycles. The summed E-state index contributed by atoms with van der Waals surface area (Å²) in [4.78, 5) is 65.1. The average molecular weight is 670 g/mol. The van der Waals surface area contributed by atoms with Gasteiger partial charge in [0.1, 0.15) is 24.1 Å². The van der Waals surface area contributed by atoms with Crippen LogP contribution in [0.15, 0.2) is 17.1 Å². The van der Waals surface area contributed by atoms with Crippen molar-refractivity contribution < 1.29 is 52.4 Å². The molecular weight excluding hydrogens is 620 g/mol. The van der Waals surface area contributed by atoms with E-state index < -0.39 is 52.5 Å². The van der Waals surface area contributed by atoms with Gasteiger partial charge in [-0.05, 0) is 12.5 Å². The average Bonchev–Trinajstić information content (AvgIpc) is 3.22. The van der Waals surface area contributed by atoms with Gasteiger partial charge in [0.2, 0.25) is 5.91 Å². The van der Waals surface area contributed by atoms with Crippen LogP contribution in [0.25, 0.3) is 0 Å². The van der Waals surface area contributed by atoms with Gasteiger partial charge >= 0.3 is 21.3 Å². The van der Waals surface area contributed by atoms with E-state index >= 15 is 0 Å². The highest BCUT2D eigenvalue weighted by Gasteiger charge is 2.49. The standard InChI is InChI=1S/C27H49N3O12P2/c1-2-3-4-5-6-7-8-9-10-11-12-13-14-15-16-17-23(31)28-22-18-19-30(27(33)29-22)26-25(42-44(37,38)39)24(32)21(41-26)20-40-43(34,35)36/h18-19,21,24-26,32H,2-17,20H2,1H3,(H2,34,35,36)(H2,37,38,39)(H,28,29,31,33)/t21-,24-,25-,26-/m1/s1. The van der Waals surface area contributed by atoms with Crippen molar-refractivity contribution in [3.8, 4) is 0 Å². The van der Waals surface area contributed by atoms with Crippen LogP contribution >= 0.6 is 15.6 Å². The number of hydrogen-bond acceptors (Lipinski definition) is 9. The summed E-state index contributed by atoms with van der Waals surface area (Å²) >= 11 is 0. The summed E-state index contributed by atoms with van der Waals surface area (Å²) in [6.07, 6.45) is 12.8. The number of phosphoric ester groups is 2. The van der Waals surface area contributed by atoms with Gasteiger partial charge in [-0.2, -0.15) is 4.98 Å². The SMILES string of the molecule is CCCCCCCCCCCCCCCCCC(=O)Nc1ccn([C@@H]2O[C@H](COP(=O)(O)O)[C@@H](O)[C@H]2OP(=O)(O)O)c(=O)n1. The van der Waals surface area contributed by atoms with E-state index in [0.717, 1.165) is 30.0 Å². The lowest BCUT2D eigenvalue weighted by Gasteiger charge is -2.22. The predicted octanol–water partition coefficient (Wildman–Crippen LogP) is 4.29. The fraction of sp³-hybridized carbons (Fsp3) is 0.815. The Hall–Kier alpha value is -1.51. The van der Waals surface area contributed by atoms with Crippen molar-refractivity contribution in [1.82, 2.24) is 9.55 Å². The number of ether oxygens (including phenoxy) is 1. The van der Waals surface area contributed by atoms with E-state index in [1.807, 2.05) is 0 Å². The van der Waals surface area contributed by atoms with Crippen LogP contribution in [0.5, 0.6) is 0 Å². The van der Waals surface area contributed by atoms with Gasteiger partial charge in [0.05, 0.1) is 6.61 Å². The van der Waals surface area contributed by atoms with Crippen molar-refractivity contribution in [1.29, 1.82) is 0 Å². The minimum Gasteiger partial charge on any atom is -0.387 e. The van der Waals surface area contributed by atoms with Gasteiger partial charge in [-0.3, -0.25) is 18.4 Å². The van der Waals surface area contributed by atoms with Gasteiger partial charge in [0.15, 0.2) is 6.23 Å². The lowest BCUT2D eigenvalue weighted by molar-refractivity contribution is -0.116. The Morgan fingerprint density at radius 3 is 1.91 bits per heavy atom. The minimum atomic E-state index is -5.19. The van der Waals surface area contributed by atoms with Crippen LogP contribution in [-0.4, -0.2) is 65.1 Å². The number of nitrogens with zero attached hydrogens (tertiary/aromatic N) is 2. The molecule has 15 nitrogen and oxygen atoms in total. The van der Waals surface area contributed by atoms with Gasteiger partial charge in [-0.1, -0.05) is 96.8 Å². The largest absolute Gasteiger partial charge is 0.470 e. The molecule has 0 saturated carbocycles. The number of rotatable bonds is 23. The summed E-state index contributed by atoms with van der Waals surface area (Å²) < 4.78 is 37.5. The normalized spacial score (nSPS) is 20.7. The Morgan fingerprint density at radius 1 is 0.909 bits per heavy atom. The highest BCUT2D eigenvalue weighted by atomic mass is 31.2. The second-order valence-electron chi connectivity index (χ2n) is 11.2. The Labute approximate surface area is 258 Å². The Bertz CT molecular complexity index is 1140. The second kappa shape index (κ2) is 19.9. The number of aliphatic hydroxyl groups is 1. The van der Waals surface area contributed by atoms with Crippen LogP contribution in [0, 0.1) is 0 Å². The molecule has 1 aromatic rings. The number of aromatic nitrogens is 2. The number of unbranched alkanes of at least 4 members (excludes halogenated alkanes) is 14. The van der Waals surface area contributed by atoms with Crippen molar-refractivity contribution >= 4 is 27.4 Å². The maximum Gasteiger partial charge on any atom is 0.470 e. The summed E-state index contributed by atoms with van der Waals surface area (Å²) in [6, 6.07) is 1.26. The number of hydrogen-bond donors (Lipinski definition) is 6. The fourth-order valence-corrected chi connectivity index (χ4v) is 5.95. The zero-order chi connectivity index (χ0) is 32.6. The Kier molecular flexibility index (Phi) is 17.5. The van der Waals surface area contributed by atoms with Gasteiger partial charge < -0.3 is 34.7 Å². The molecule has 1 fully saturated rings. The molecule has 1 amide bonds. The van der Waals surface area contributed by atoms with E-state index in [2.05, 4.69) is 26.3 Å². The van der Waals surface area contributed by atoms with Crippen molar-refractivity contribution in [3.63, 3.8) is 0 Å². The van der Waals surface area contributed by atoms with E-state index in [1.165, 1.54) is 76.7 Å². The number of aliphatic hydroxyl groups excluding tert-OH is 1. The van der Waals surface area contributed by atoms with Gasteiger partial charge in [0, 0.05) is 12.6 Å². The lowest BCUT2D eigenvalue weighted by Crippen LogP contribution is -2.37. The molecule has 254 valence electrons. The Morgan fingerprint density at radius 2 is 1.43 bits per heavy atom. The molecule has 2 rings (SSSR count). The molecule has 1 aromatic heterocycles. The molecule has 0 bridgehead atoms. The molecule has 1 aliphatic rings. The van der Waals surface area contributed by atoms with Crippen molar-refractivity contribution in [2.24, 2.45) is 0 Å². The highest BCUT2D eigenvalue weighted by Crippen LogP contribution is 2.45. The van der Waals surface area contributed by atoms with Crippen LogP contribution in [0.4, 0.5) is 5.82 Å². The molecule has 2 heterocycles. The fourth-order valence-electron chi connectivity index (χ4n) is 5.06. The maximum absolute atomic E-state index is 12.7. The van der Waals surface area contributed by atoms with Crippen LogP contribution < -0.4 is 11.0 Å². The molecule has 0 unspecified atom stereocenters. The van der Waals surface area contributed by atoms with Crippen LogP contribution in [0.2, 0.25) is 0 Å². The van der Waals surface area contributed by atoms with Gasteiger partial charge in [-0.25, -0.2) is 13.9 Å². The highest BCUT2D eigenvalue weighted by molar-refractivity contribution is 7.46. The van der Waals surface area contributed by atoms with E-state index in [0.29, 0.717) is 6.42 Å². The summed E-state index contributed by atoms with van der Waals surface area (Å²) in [5.41, 5.74) is -0.997. The first kappa shape index (κ1) is 38.7. The summed E-state index contributed by atoms with van der Waals surface area (Å²) in [5, 5.41) is 13.0.